The SMILES string of the molecule is CC(C)C(N)C(=O)OCON=C1c2ccc(S(=O)(=O)N3C[C@H](C)C[C@H](C)C3)cc2C(=NOCOC(=O)C(N)C(C)C)c2cc(S(=O)(=O)N3C[C@H](C)C[C@H](C)C3)ccc21. The Labute approximate surface area is 342 Å². The number of fused-ring (bicyclic) bond motifs is 2. The standard InChI is InChI=1S/C40H58N6O10S2/c1-23(2)35(41)39(47)53-21-55-43-37-31-11-9-29(57(49,50)45-17-25(5)13-26(6)18-45)15-33(31)38(44-56-22-54-40(48)36(42)24(3)4)34-16-30(10-12-32(34)37)58(51,52)46-19-27(7)14-28(8)20-46/h9-12,15-16,23-28,35-36H,13-14,17-22,41-42H2,1-8H3/t25-,26+,27-,28+,35?,36?. The highest BCUT2D eigenvalue weighted by molar-refractivity contribution is 7.89. The zero-order valence-corrected chi connectivity index (χ0v) is 36.2. The fourth-order valence-electron chi connectivity index (χ4n) is 7.65. The zero-order valence-electron chi connectivity index (χ0n) is 34.6. The minimum atomic E-state index is -4.02. The summed E-state index contributed by atoms with van der Waals surface area (Å²) in [4.78, 5) is 36.0. The van der Waals surface area contributed by atoms with E-state index >= 15 is 0 Å². The van der Waals surface area contributed by atoms with Crippen molar-refractivity contribution in [1.29, 1.82) is 0 Å². The van der Waals surface area contributed by atoms with Crippen molar-refractivity contribution >= 4 is 43.4 Å². The smallest absolute Gasteiger partial charge is 0.326 e. The van der Waals surface area contributed by atoms with Crippen molar-refractivity contribution in [2.24, 2.45) is 57.3 Å². The third-order valence-corrected chi connectivity index (χ3v) is 14.4. The van der Waals surface area contributed by atoms with E-state index in [1.165, 1.54) is 32.9 Å². The molecule has 0 bridgehead atoms. The fraction of sp³-hybridized carbons (Fsp3) is 0.600. The molecule has 0 aromatic heterocycles. The van der Waals surface area contributed by atoms with Gasteiger partial charge in [0.2, 0.25) is 20.0 Å². The summed E-state index contributed by atoms with van der Waals surface area (Å²) in [6.45, 7) is 15.3. The molecule has 320 valence electrons. The second-order valence-corrected chi connectivity index (χ2v) is 20.7. The lowest BCUT2D eigenvalue weighted by atomic mass is 9.83. The summed E-state index contributed by atoms with van der Waals surface area (Å²) < 4.78 is 70.3. The maximum atomic E-state index is 14.2. The number of hydrogen-bond donors (Lipinski definition) is 2. The first kappa shape index (κ1) is 45.1. The molecule has 2 aliphatic heterocycles. The van der Waals surface area contributed by atoms with E-state index in [1.54, 1.807) is 39.8 Å². The molecule has 4 N–H and O–H groups in total. The number of piperidine rings is 2. The molecule has 2 saturated heterocycles. The highest BCUT2D eigenvalue weighted by Gasteiger charge is 2.37. The van der Waals surface area contributed by atoms with Gasteiger partial charge in [0.25, 0.3) is 13.6 Å². The summed E-state index contributed by atoms with van der Waals surface area (Å²) in [5, 5.41) is 8.69. The number of nitrogens with zero attached hydrogens (tertiary/aromatic N) is 4. The van der Waals surface area contributed by atoms with E-state index in [1.807, 2.05) is 27.7 Å². The van der Waals surface area contributed by atoms with Crippen molar-refractivity contribution in [3.8, 4) is 0 Å². The summed E-state index contributed by atoms with van der Waals surface area (Å²) in [7, 11) is -8.05. The molecule has 18 heteroatoms. The first-order valence-corrected chi connectivity index (χ1v) is 22.6. The summed E-state index contributed by atoms with van der Waals surface area (Å²) in [5.41, 5.74) is 13.2. The molecule has 2 heterocycles. The van der Waals surface area contributed by atoms with Crippen molar-refractivity contribution in [1.82, 2.24) is 8.61 Å². The van der Waals surface area contributed by atoms with Gasteiger partial charge in [-0.05, 0) is 72.6 Å². The van der Waals surface area contributed by atoms with Crippen LogP contribution in [0.4, 0.5) is 0 Å². The van der Waals surface area contributed by atoms with Crippen molar-refractivity contribution in [2.45, 2.75) is 90.1 Å². The molecule has 0 radical (unpaired) electrons. The number of hydrogen-bond acceptors (Lipinski definition) is 14. The Morgan fingerprint density at radius 2 is 0.948 bits per heavy atom. The number of rotatable bonds is 14. The molecule has 3 aliphatic rings. The molecule has 0 spiro atoms. The van der Waals surface area contributed by atoms with Crippen LogP contribution in [0.15, 0.2) is 56.5 Å². The van der Waals surface area contributed by atoms with E-state index in [4.69, 9.17) is 30.6 Å². The van der Waals surface area contributed by atoms with E-state index < -0.39 is 57.7 Å². The number of nitrogens with two attached hydrogens (primary N) is 2. The number of carbonyl (C=O) groups excluding carboxylic acids is 2. The Morgan fingerprint density at radius 3 is 1.28 bits per heavy atom. The fourth-order valence-corrected chi connectivity index (χ4v) is 11.1. The quantitative estimate of drug-likeness (QED) is 0.102. The molecule has 0 amide bonds. The Bertz CT molecular complexity index is 1990. The molecule has 5 rings (SSSR count). The third-order valence-electron chi connectivity index (χ3n) is 10.7. The van der Waals surface area contributed by atoms with Gasteiger partial charge in [-0.25, -0.2) is 16.8 Å². The zero-order chi connectivity index (χ0) is 42.7. The normalized spacial score (nSPS) is 22.8. The van der Waals surface area contributed by atoms with E-state index in [9.17, 15) is 26.4 Å². The first-order chi connectivity index (χ1) is 27.2. The lowest BCUT2D eigenvalue weighted by Crippen LogP contribution is -2.42. The van der Waals surface area contributed by atoms with E-state index in [2.05, 4.69) is 10.3 Å². The van der Waals surface area contributed by atoms with Crippen LogP contribution in [0.2, 0.25) is 0 Å². The van der Waals surface area contributed by atoms with Crippen molar-refractivity contribution in [3.05, 3.63) is 58.7 Å². The minimum absolute atomic E-state index is 0.0324. The van der Waals surface area contributed by atoms with Gasteiger partial charge < -0.3 is 30.6 Å². The van der Waals surface area contributed by atoms with Crippen LogP contribution in [0.3, 0.4) is 0 Å². The van der Waals surface area contributed by atoms with Gasteiger partial charge in [0.15, 0.2) is 0 Å². The molecule has 16 nitrogen and oxygen atoms in total. The van der Waals surface area contributed by atoms with Gasteiger partial charge in [0.1, 0.15) is 23.5 Å². The average Bonchev–Trinajstić information content (AvgIpc) is 3.16. The molecule has 6 atom stereocenters. The Hall–Kier alpha value is -3.94. The van der Waals surface area contributed by atoms with Gasteiger partial charge in [-0.3, -0.25) is 9.59 Å². The summed E-state index contributed by atoms with van der Waals surface area (Å²) in [6, 6.07) is 7.12. The molecular weight excluding hydrogens is 789 g/mol. The largest absolute Gasteiger partial charge is 0.425 e. The van der Waals surface area contributed by atoms with Crippen LogP contribution in [-0.2, 0) is 48.8 Å². The molecule has 2 unspecified atom stereocenters. The second-order valence-electron chi connectivity index (χ2n) is 16.8. The minimum Gasteiger partial charge on any atom is -0.425 e. The van der Waals surface area contributed by atoms with E-state index in [-0.39, 0.29) is 67.8 Å². The number of oxime groups is 2. The highest BCUT2D eigenvalue weighted by atomic mass is 32.2. The molecule has 2 aromatic carbocycles. The van der Waals surface area contributed by atoms with Crippen LogP contribution >= 0.6 is 0 Å². The van der Waals surface area contributed by atoms with Crippen LogP contribution in [0.1, 0.15) is 90.5 Å². The predicted octanol–water partition coefficient (Wildman–Crippen LogP) is 3.84. The van der Waals surface area contributed by atoms with Gasteiger partial charge in [0.05, 0.1) is 9.79 Å². The van der Waals surface area contributed by atoms with Gasteiger partial charge in [-0.2, -0.15) is 8.61 Å². The first-order valence-electron chi connectivity index (χ1n) is 19.8. The van der Waals surface area contributed by atoms with Gasteiger partial charge in [-0.15, -0.1) is 0 Å². The highest BCUT2D eigenvalue weighted by Crippen LogP contribution is 2.35. The Balaban J connectivity index is 1.64. The Kier molecular flexibility index (Phi) is 14.4. The number of benzene rings is 2. The van der Waals surface area contributed by atoms with Crippen molar-refractivity contribution in [3.63, 3.8) is 0 Å². The van der Waals surface area contributed by atoms with Crippen LogP contribution in [0.25, 0.3) is 0 Å². The molecule has 2 aromatic rings. The number of sulfonamides is 2. The maximum absolute atomic E-state index is 14.2. The number of carbonyl (C=O) groups is 2. The van der Waals surface area contributed by atoms with E-state index in [0.29, 0.717) is 37.3 Å². The average molecular weight is 847 g/mol. The third kappa shape index (κ3) is 10.1. The van der Waals surface area contributed by atoms with Gasteiger partial charge in [0, 0.05) is 48.4 Å². The topological polar surface area (TPSA) is 223 Å². The van der Waals surface area contributed by atoms with Crippen LogP contribution in [-0.4, -0.2) is 101 Å². The summed E-state index contributed by atoms with van der Waals surface area (Å²) in [5.74, 6) is -1.21. The molecule has 2 fully saturated rings. The summed E-state index contributed by atoms with van der Waals surface area (Å²) >= 11 is 0. The van der Waals surface area contributed by atoms with Gasteiger partial charge >= 0.3 is 11.9 Å². The molecule has 0 saturated carbocycles. The number of esters is 2. The molecular formula is C40H58N6O10S2. The lowest BCUT2D eigenvalue weighted by Gasteiger charge is -2.34. The van der Waals surface area contributed by atoms with Crippen LogP contribution in [0.5, 0.6) is 0 Å². The lowest BCUT2D eigenvalue weighted by molar-refractivity contribution is -0.159. The summed E-state index contributed by atoms with van der Waals surface area (Å²) in [6.07, 6.45) is 1.79. The molecule has 58 heavy (non-hydrogen) atoms. The number of ether oxygens (including phenoxy) is 2. The second kappa shape index (κ2) is 18.5. The predicted molar refractivity (Wildman–Crippen MR) is 217 cm³/mol. The van der Waals surface area contributed by atoms with Crippen molar-refractivity contribution < 1.29 is 45.6 Å². The van der Waals surface area contributed by atoms with Crippen molar-refractivity contribution in [2.75, 3.05) is 39.8 Å². The van der Waals surface area contributed by atoms with Gasteiger partial charge in [-0.1, -0.05) is 77.8 Å². The van der Waals surface area contributed by atoms with Crippen LogP contribution < -0.4 is 11.5 Å². The molecule has 1 aliphatic carbocycles. The van der Waals surface area contributed by atoms with E-state index in [0.717, 1.165) is 12.8 Å². The monoisotopic (exact) mass is 846 g/mol. The maximum Gasteiger partial charge on any atom is 0.326 e. The Morgan fingerprint density at radius 1 is 0.621 bits per heavy atom. The van der Waals surface area contributed by atoms with Crippen LogP contribution in [0, 0.1) is 35.5 Å².